The Balaban J connectivity index is 2.36. The molecule has 0 spiro atoms. The van der Waals surface area contributed by atoms with Gasteiger partial charge in [0.1, 0.15) is 0 Å². The third-order valence-corrected chi connectivity index (χ3v) is 3.67. The first kappa shape index (κ1) is 16.5. The van der Waals surface area contributed by atoms with E-state index in [-0.39, 0.29) is 24.8 Å². The summed E-state index contributed by atoms with van der Waals surface area (Å²) in [6, 6.07) is 0. The van der Waals surface area contributed by atoms with Gasteiger partial charge in [-0.05, 0) is 18.8 Å². The summed E-state index contributed by atoms with van der Waals surface area (Å²) in [5, 5.41) is 14.5. The number of carboxylic acid groups (broad SMARTS) is 1. The Morgan fingerprint density at radius 3 is 2.20 bits per heavy atom. The molecule has 0 aromatic heterocycles. The molecule has 2 amide bonds. The second-order valence-electron chi connectivity index (χ2n) is 5.94. The summed E-state index contributed by atoms with van der Waals surface area (Å²) in [7, 11) is 0. The molecule has 114 valence electrons. The van der Waals surface area contributed by atoms with Crippen LogP contribution in [0.25, 0.3) is 0 Å². The van der Waals surface area contributed by atoms with Crippen LogP contribution in [0.1, 0.15) is 46.0 Å². The third-order valence-electron chi connectivity index (χ3n) is 3.67. The molecule has 0 aromatic rings. The van der Waals surface area contributed by atoms with Crippen LogP contribution in [0.4, 0.5) is 0 Å². The zero-order valence-corrected chi connectivity index (χ0v) is 12.2. The van der Waals surface area contributed by atoms with Crippen molar-refractivity contribution in [3.63, 3.8) is 0 Å². The SMILES string of the molecule is CC(C)CNC(=O)CNC(=O)CC1(C(=O)O)CCCC1. The topological polar surface area (TPSA) is 95.5 Å². The van der Waals surface area contributed by atoms with E-state index < -0.39 is 11.4 Å². The molecular formula is C14H24N2O4. The van der Waals surface area contributed by atoms with E-state index in [1.165, 1.54) is 0 Å². The van der Waals surface area contributed by atoms with Crippen LogP contribution in [0.5, 0.6) is 0 Å². The van der Waals surface area contributed by atoms with Crippen LogP contribution in [0.2, 0.25) is 0 Å². The number of rotatable bonds is 7. The maximum atomic E-state index is 11.8. The maximum absolute atomic E-state index is 11.8. The van der Waals surface area contributed by atoms with Crippen molar-refractivity contribution in [1.82, 2.24) is 10.6 Å². The van der Waals surface area contributed by atoms with Crippen LogP contribution >= 0.6 is 0 Å². The zero-order valence-electron chi connectivity index (χ0n) is 12.2. The molecule has 0 aliphatic heterocycles. The normalized spacial score (nSPS) is 16.9. The minimum Gasteiger partial charge on any atom is -0.481 e. The molecule has 3 N–H and O–H groups in total. The summed E-state index contributed by atoms with van der Waals surface area (Å²) in [4.78, 5) is 34.6. The van der Waals surface area contributed by atoms with Gasteiger partial charge < -0.3 is 15.7 Å². The standard InChI is InChI=1S/C14H24N2O4/c1-10(2)8-15-12(18)9-16-11(17)7-14(13(19)20)5-3-4-6-14/h10H,3-9H2,1-2H3,(H,15,18)(H,16,17)(H,19,20). The maximum Gasteiger partial charge on any atom is 0.310 e. The number of hydrogen-bond donors (Lipinski definition) is 3. The first-order valence-corrected chi connectivity index (χ1v) is 7.12. The Hall–Kier alpha value is -1.59. The van der Waals surface area contributed by atoms with Gasteiger partial charge in [0.05, 0.1) is 12.0 Å². The number of nitrogens with one attached hydrogen (secondary N) is 2. The largest absolute Gasteiger partial charge is 0.481 e. The van der Waals surface area contributed by atoms with Crippen molar-refractivity contribution in [3.05, 3.63) is 0 Å². The molecule has 0 bridgehead atoms. The van der Waals surface area contributed by atoms with Gasteiger partial charge in [0, 0.05) is 13.0 Å². The van der Waals surface area contributed by atoms with Crippen molar-refractivity contribution in [2.45, 2.75) is 46.0 Å². The third kappa shape index (κ3) is 4.83. The fourth-order valence-corrected chi connectivity index (χ4v) is 2.45. The Kier molecular flexibility index (Phi) is 5.98. The van der Waals surface area contributed by atoms with Crippen LogP contribution in [-0.2, 0) is 14.4 Å². The van der Waals surface area contributed by atoms with E-state index in [1.54, 1.807) is 0 Å². The first-order valence-electron chi connectivity index (χ1n) is 7.12. The van der Waals surface area contributed by atoms with Crippen molar-refractivity contribution >= 4 is 17.8 Å². The van der Waals surface area contributed by atoms with Crippen molar-refractivity contribution < 1.29 is 19.5 Å². The first-order chi connectivity index (χ1) is 9.35. The number of amides is 2. The van der Waals surface area contributed by atoms with Gasteiger partial charge in [0.15, 0.2) is 0 Å². The van der Waals surface area contributed by atoms with E-state index in [2.05, 4.69) is 10.6 Å². The van der Waals surface area contributed by atoms with Crippen molar-refractivity contribution in [2.24, 2.45) is 11.3 Å². The van der Waals surface area contributed by atoms with E-state index in [0.717, 1.165) is 12.8 Å². The molecule has 1 aliphatic rings. The predicted octanol–water partition coefficient (Wildman–Crippen LogP) is 0.910. The molecule has 0 saturated heterocycles. The smallest absolute Gasteiger partial charge is 0.310 e. The lowest BCUT2D eigenvalue weighted by Gasteiger charge is -2.22. The Morgan fingerprint density at radius 2 is 1.70 bits per heavy atom. The van der Waals surface area contributed by atoms with Crippen LogP contribution in [0.15, 0.2) is 0 Å². The molecule has 20 heavy (non-hydrogen) atoms. The van der Waals surface area contributed by atoms with E-state index in [0.29, 0.717) is 25.3 Å². The van der Waals surface area contributed by atoms with Gasteiger partial charge in [-0.15, -0.1) is 0 Å². The zero-order chi connectivity index (χ0) is 15.2. The van der Waals surface area contributed by atoms with Gasteiger partial charge in [-0.3, -0.25) is 14.4 Å². The molecule has 0 unspecified atom stereocenters. The second-order valence-corrected chi connectivity index (χ2v) is 5.94. The Labute approximate surface area is 119 Å². The number of hydrogen-bond acceptors (Lipinski definition) is 3. The molecule has 0 atom stereocenters. The molecule has 1 aliphatic carbocycles. The second kappa shape index (κ2) is 7.26. The van der Waals surface area contributed by atoms with E-state index in [4.69, 9.17) is 0 Å². The molecule has 1 fully saturated rings. The highest BCUT2D eigenvalue weighted by atomic mass is 16.4. The molecule has 0 radical (unpaired) electrons. The Bertz CT molecular complexity index is 373. The summed E-state index contributed by atoms with van der Waals surface area (Å²) in [5.74, 6) is -1.17. The van der Waals surface area contributed by atoms with Gasteiger partial charge in [-0.2, -0.15) is 0 Å². The predicted molar refractivity (Wildman–Crippen MR) is 74.0 cm³/mol. The molecule has 1 rings (SSSR count). The minimum absolute atomic E-state index is 0.0419. The highest BCUT2D eigenvalue weighted by Gasteiger charge is 2.42. The highest BCUT2D eigenvalue weighted by molar-refractivity contribution is 5.88. The Morgan fingerprint density at radius 1 is 1.10 bits per heavy atom. The lowest BCUT2D eigenvalue weighted by Crippen LogP contribution is -2.41. The van der Waals surface area contributed by atoms with Gasteiger partial charge in [-0.1, -0.05) is 26.7 Å². The van der Waals surface area contributed by atoms with Crippen LogP contribution in [0, 0.1) is 11.3 Å². The lowest BCUT2D eigenvalue weighted by molar-refractivity contribution is -0.151. The lowest BCUT2D eigenvalue weighted by atomic mass is 9.82. The highest BCUT2D eigenvalue weighted by Crippen LogP contribution is 2.41. The molecular weight excluding hydrogens is 260 g/mol. The number of carbonyl (C=O) groups is 3. The van der Waals surface area contributed by atoms with E-state index in [1.807, 2.05) is 13.8 Å². The quantitative estimate of drug-likeness (QED) is 0.647. The summed E-state index contributed by atoms with van der Waals surface area (Å²) >= 11 is 0. The van der Waals surface area contributed by atoms with Crippen LogP contribution in [-0.4, -0.2) is 36.0 Å². The molecule has 6 nitrogen and oxygen atoms in total. The average Bonchev–Trinajstić information content (AvgIpc) is 2.83. The molecule has 0 heterocycles. The van der Waals surface area contributed by atoms with Crippen molar-refractivity contribution in [2.75, 3.05) is 13.1 Å². The van der Waals surface area contributed by atoms with Gasteiger partial charge in [0.2, 0.25) is 11.8 Å². The van der Waals surface area contributed by atoms with E-state index in [9.17, 15) is 19.5 Å². The van der Waals surface area contributed by atoms with Gasteiger partial charge >= 0.3 is 5.97 Å². The van der Waals surface area contributed by atoms with Gasteiger partial charge in [-0.25, -0.2) is 0 Å². The summed E-state index contributed by atoms with van der Waals surface area (Å²) in [6.07, 6.45) is 2.72. The van der Waals surface area contributed by atoms with Gasteiger partial charge in [0.25, 0.3) is 0 Å². The fourth-order valence-electron chi connectivity index (χ4n) is 2.45. The van der Waals surface area contributed by atoms with Crippen molar-refractivity contribution in [1.29, 1.82) is 0 Å². The number of carbonyl (C=O) groups excluding carboxylic acids is 2. The summed E-state index contributed by atoms with van der Waals surface area (Å²) in [6.45, 7) is 4.43. The van der Waals surface area contributed by atoms with Crippen LogP contribution in [0.3, 0.4) is 0 Å². The van der Waals surface area contributed by atoms with Crippen LogP contribution < -0.4 is 10.6 Å². The molecule has 6 heteroatoms. The molecule has 0 aromatic carbocycles. The summed E-state index contributed by atoms with van der Waals surface area (Å²) in [5.41, 5.74) is -0.932. The number of aliphatic carboxylic acids is 1. The summed E-state index contributed by atoms with van der Waals surface area (Å²) < 4.78 is 0. The fraction of sp³-hybridized carbons (Fsp3) is 0.786. The van der Waals surface area contributed by atoms with Crippen molar-refractivity contribution in [3.8, 4) is 0 Å². The monoisotopic (exact) mass is 284 g/mol. The molecule has 1 saturated carbocycles. The number of carboxylic acids is 1. The average molecular weight is 284 g/mol. The van der Waals surface area contributed by atoms with E-state index >= 15 is 0 Å². The minimum atomic E-state index is -0.932.